The van der Waals surface area contributed by atoms with Crippen LogP contribution in [0.1, 0.15) is 5.56 Å². The summed E-state index contributed by atoms with van der Waals surface area (Å²) in [7, 11) is 0. The number of aromatic nitrogens is 2. The Bertz CT molecular complexity index is 836. The molecule has 7 heteroatoms. The van der Waals surface area contributed by atoms with Crippen LogP contribution in [0, 0.1) is 11.6 Å². The number of benzene rings is 2. The number of hydrogen-bond donors (Lipinski definition) is 2. The third-order valence-electron chi connectivity index (χ3n) is 3.52. The topological polar surface area (TPSA) is 49.8 Å². The molecule has 0 aliphatic rings. The summed E-state index contributed by atoms with van der Waals surface area (Å²) in [4.78, 5) is 8.08. The highest BCUT2D eigenvalue weighted by atomic mass is 35.5. The Kier molecular flexibility index (Phi) is 5.40. The highest BCUT2D eigenvalue weighted by Gasteiger charge is 2.09. The van der Waals surface area contributed by atoms with E-state index >= 15 is 0 Å². The van der Waals surface area contributed by atoms with Gasteiger partial charge in [-0.05, 0) is 36.2 Å². The second kappa shape index (κ2) is 7.90. The standard InChI is InChI=1S/C18H15ClF2N4/c19-13-6-4-12(5-7-13)8-9-22-16-10-17(24-11-23-16)25-18-14(20)2-1-3-15(18)21/h1-7,10-11H,8-9H2,(H2,22,23,24,25). The SMILES string of the molecule is Fc1cccc(F)c1Nc1cc(NCCc2ccc(Cl)cc2)ncn1. The lowest BCUT2D eigenvalue weighted by molar-refractivity contribution is 0.590. The van der Waals surface area contributed by atoms with Crippen LogP contribution in [-0.4, -0.2) is 16.5 Å². The van der Waals surface area contributed by atoms with E-state index in [2.05, 4.69) is 20.6 Å². The number of nitrogens with zero attached hydrogens (tertiary/aromatic N) is 2. The summed E-state index contributed by atoms with van der Waals surface area (Å²) >= 11 is 5.85. The molecule has 0 unspecified atom stereocenters. The molecule has 3 aromatic rings. The van der Waals surface area contributed by atoms with E-state index in [1.54, 1.807) is 6.07 Å². The molecule has 25 heavy (non-hydrogen) atoms. The molecule has 2 aromatic carbocycles. The molecular formula is C18H15ClF2N4. The minimum Gasteiger partial charge on any atom is -0.370 e. The molecule has 1 aromatic heterocycles. The number of nitrogens with one attached hydrogen (secondary N) is 2. The number of rotatable bonds is 6. The Balaban J connectivity index is 1.62. The monoisotopic (exact) mass is 360 g/mol. The van der Waals surface area contributed by atoms with Gasteiger partial charge in [-0.3, -0.25) is 0 Å². The molecule has 128 valence electrons. The van der Waals surface area contributed by atoms with Gasteiger partial charge < -0.3 is 10.6 Å². The predicted octanol–water partition coefficient (Wildman–Crippen LogP) is 4.81. The number of anilines is 3. The van der Waals surface area contributed by atoms with E-state index in [1.165, 1.54) is 24.5 Å². The average Bonchev–Trinajstić information content (AvgIpc) is 2.60. The van der Waals surface area contributed by atoms with Gasteiger partial charge >= 0.3 is 0 Å². The zero-order valence-corrected chi connectivity index (χ0v) is 13.9. The first-order chi connectivity index (χ1) is 12.1. The predicted molar refractivity (Wildman–Crippen MR) is 95.3 cm³/mol. The zero-order valence-electron chi connectivity index (χ0n) is 13.1. The van der Waals surface area contributed by atoms with Crippen molar-refractivity contribution in [3.8, 4) is 0 Å². The normalized spacial score (nSPS) is 10.5. The van der Waals surface area contributed by atoms with Gasteiger partial charge in [-0.15, -0.1) is 0 Å². The summed E-state index contributed by atoms with van der Waals surface area (Å²) in [5, 5.41) is 6.49. The van der Waals surface area contributed by atoms with Gasteiger partial charge in [-0.1, -0.05) is 29.8 Å². The first-order valence-electron chi connectivity index (χ1n) is 7.63. The number of halogens is 3. The third kappa shape index (κ3) is 4.64. The Morgan fingerprint density at radius 3 is 2.32 bits per heavy atom. The van der Waals surface area contributed by atoms with Gasteiger partial charge in [0.2, 0.25) is 0 Å². The van der Waals surface area contributed by atoms with Crippen molar-refractivity contribution in [1.82, 2.24) is 9.97 Å². The molecule has 0 bridgehead atoms. The van der Waals surface area contributed by atoms with Gasteiger partial charge in [0, 0.05) is 17.6 Å². The molecule has 0 atom stereocenters. The number of para-hydroxylation sites is 1. The maximum Gasteiger partial charge on any atom is 0.149 e. The summed E-state index contributed by atoms with van der Waals surface area (Å²) in [6.45, 7) is 0.645. The Labute approximate surface area is 148 Å². The van der Waals surface area contributed by atoms with Gasteiger partial charge in [-0.25, -0.2) is 18.7 Å². The summed E-state index contributed by atoms with van der Waals surface area (Å²) in [6, 6.07) is 12.8. The summed E-state index contributed by atoms with van der Waals surface area (Å²) < 4.78 is 27.4. The second-order valence-electron chi connectivity index (χ2n) is 5.31. The largest absolute Gasteiger partial charge is 0.370 e. The van der Waals surface area contributed by atoms with Gasteiger partial charge in [0.1, 0.15) is 35.3 Å². The molecule has 0 saturated heterocycles. The van der Waals surface area contributed by atoms with Crippen LogP contribution in [0.4, 0.5) is 26.1 Å². The van der Waals surface area contributed by atoms with Crippen LogP contribution in [-0.2, 0) is 6.42 Å². The van der Waals surface area contributed by atoms with Crippen molar-refractivity contribution in [2.45, 2.75) is 6.42 Å². The van der Waals surface area contributed by atoms with E-state index in [0.717, 1.165) is 12.0 Å². The summed E-state index contributed by atoms with van der Waals surface area (Å²) in [5.41, 5.74) is 0.894. The molecule has 4 nitrogen and oxygen atoms in total. The van der Waals surface area contributed by atoms with Crippen molar-refractivity contribution in [2.75, 3.05) is 17.2 Å². The second-order valence-corrected chi connectivity index (χ2v) is 5.75. The number of hydrogen-bond acceptors (Lipinski definition) is 4. The third-order valence-corrected chi connectivity index (χ3v) is 3.77. The molecule has 0 aliphatic carbocycles. The van der Waals surface area contributed by atoms with E-state index in [0.29, 0.717) is 23.2 Å². The fourth-order valence-electron chi connectivity index (χ4n) is 2.25. The van der Waals surface area contributed by atoms with Crippen molar-refractivity contribution < 1.29 is 8.78 Å². The molecular weight excluding hydrogens is 346 g/mol. The quantitative estimate of drug-likeness (QED) is 0.662. The molecule has 1 heterocycles. The summed E-state index contributed by atoms with van der Waals surface area (Å²) in [5.74, 6) is -0.511. The zero-order chi connectivity index (χ0) is 17.6. The molecule has 0 aliphatic heterocycles. The molecule has 3 rings (SSSR count). The fourth-order valence-corrected chi connectivity index (χ4v) is 2.38. The minimum atomic E-state index is -0.684. The van der Waals surface area contributed by atoms with Crippen LogP contribution < -0.4 is 10.6 Å². The fraction of sp³-hybridized carbons (Fsp3) is 0.111. The average molecular weight is 361 g/mol. The van der Waals surface area contributed by atoms with Crippen LogP contribution in [0.2, 0.25) is 5.02 Å². The van der Waals surface area contributed by atoms with E-state index in [-0.39, 0.29) is 5.69 Å². The van der Waals surface area contributed by atoms with Crippen molar-refractivity contribution in [1.29, 1.82) is 0 Å². The van der Waals surface area contributed by atoms with E-state index in [9.17, 15) is 8.78 Å². The van der Waals surface area contributed by atoms with Gasteiger partial charge in [0.15, 0.2) is 0 Å². The smallest absolute Gasteiger partial charge is 0.149 e. The molecule has 0 fully saturated rings. The highest BCUT2D eigenvalue weighted by Crippen LogP contribution is 2.22. The van der Waals surface area contributed by atoms with Gasteiger partial charge in [0.05, 0.1) is 0 Å². The summed E-state index contributed by atoms with van der Waals surface area (Å²) in [6.07, 6.45) is 2.11. The van der Waals surface area contributed by atoms with Crippen molar-refractivity contribution in [3.63, 3.8) is 0 Å². The lowest BCUT2D eigenvalue weighted by atomic mass is 10.1. The molecule has 0 spiro atoms. The maximum atomic E-state index is 13.7. The van der Waals surface area contributed by atoms with Crippen molar-refractivity contribution in [2.24, 2.45) is 0 Å². The van der Waals surface area contributed by atoms with Crippen LogP contribution in [0.3, 0.4) is 0 Å². The van der Waals surface area contributed by atoms with Crippen LogP contribution >= 0.6 is 11.6 Å². The van der Waals surface area contributed by atoms with Crippen molar-refractivity contribution in [3.05, 3.63) is 77.1 Å². The minimum absolute atomic E-state index is 0.242. The Morgan fingerprint density at radius 2 is 1.60 bits per heavy atom. The lowest BCUT2D eigenvalue weighted by Crippen LogP contribution is -2.07. The molecule has 0 saturated carbocycles. The van der Waals surface area contributed by atoms with Crippen molar-refractivity contribution >= 4 is 28.9 Å². The highest BCUT2D eigenvalue weighted by molar-refractivity contribution is 6.30. The lowest BCUT2D eigenvalue weighted by Gasteiger charge is -2.10. The first kappa shape index (κ1) is 17.1. The van der Waals surface area contributed by atoms with E-state index in [1.807, 2.05) is 24.3 Å². The molecule has 2 N–H and O–H groups in total. The Morgan fingerprint density at radius 1 is 0.920 bits per heavy atom. The van der Waals surface area contributed by atoms with E-state index < -0.39 is 11.6 Å². The molecule has 0 amide bonds. The van der Waals surface area contributed by atoms with Crippen LogP contribution in [0.15, 0.2) is 54.9 Å². The van der Waals surface area contributed by atoms with Gasteiger partial charge in [0.25, 0.3) is 0 Å². The van der Waals surface area contributed by atoms with Crippen LogP contribution in [0.25, 0.3) is 0 Å². The first-order valence-corrected chi connectivity index (χ1v) is 8.01. The molecule has 0 radical (unpaired) electrons. The maximum absolute atomic E-state index is 13.7. The van der Waals surface area contributed by atoms with E-state index in [4.69, 9.17) is 11.6 Å². The van der Waals surface area contributed by atoms with Crippen LogP contribution in [0.5, 0.6) is 0 Å². The Hall–Kier alpha value is -2.73. The van der Waals surface area contributed by atoms with Gasteiger partial charge in [-0.2, -0.15) is 0 Å².